The number of ketones is 1. The van der Waals surface area contributed by atoms with E-state index in [9.17, 15) is 14.7 Å². The molecule has 0 saturated carbocycles. The van der Waals surface area contributed by atoms with Gasteiger partial charge in [0.05, 0.1) is 12.1 Å². The quantitative estimate of drug-likeness (QED) is 0.649. The van der Waals surface area contributed by atoms with E-state index in [1.807, 2.05) is 54.6 Å². The molecule has 0 bridgehead atoms. The highest BCUT2D eigenvalue weighted by atomic mass is 16.3. The summed E-state index contributed by atoms with van der Waals surface area (Å²) >= 11 is 0. The summed E-state index contributed by atoms with van der Waals surface area (Å²) < 4.78 is 0. The highest BCUT2D eigenvalue weighted by Crippen LogP contribution is 2.42. The molecule has 0 saturated heterocycles. The topological polar surface area (TPSA) is 57.6 Å². The molecule has 1 atom stereocenters. The molecule has 3 aromatic rings. The SMILES string of the molecule is O=C(C[C@@]1(O)C(=O)N(C/C=C/c2ccccc2)c2ccccc21)c1ccccc1. The van der Waals surface area contributed by atoms with Crippen LogP contribution in [0.3, 0.4) is 0 Å². The summed E-state index contributed by atoms with van der Waals surface area (Å²) in [4.78, 5) is 27.4. The molecule has 1 amide bonds. The maximum Gasteiger partial charge on any atom is 0.264 e. The molecule has 4 nitrogen and oxygen atoms in total. The van der Waals surface area contributed by atoms with Crippen LogP contribution in [0.1, 0.15) is 27.9 Å². The van der Waals surface area contributed by atoms with Gasteiger partial charge in [-0.25, -0.2) is 0 Å². The fourth-order valence-electron chi connectivity index (χ4n) is 3.68. The summed E-state index contributed by atoms with van der Waals surface area (Å²) in [6, 6.07) is 25.6. The zero-order chi connectivity index (χ0) is 20.3. The average molecular weight is 383 g/mol. The fourth-order valence-corrected chi connectivity index (χ4v) is 3.68. The Morgan fingerprint density at radius 1 is 0.897 bits per heavy atom. The van der Waals surface area contributed by atoms with E-state index in [1.165, 1.54) is 4.90 Å². The Balaban J connectivity index is 1.60. The predicted molar refractivity (Wildman–Crippen MR) is 114 cm³/mol. The molecule has 1 aliphatic rings. The van der Waals surface area contributed by atoms with Gasteiger partial charge in [0.1, 0.15) is 0 Å². The molecular weight excluding hydrogens is 362 g/mol. The van der Waals surface area contributed by atoms with Crippen molar-refractivity contribution in [3.63, 3.8) is 0 Å². The van der Waals surface area contributed by atoms with Crippen molar-refractivity contribution in [3.05, 3.63) is 108 Å². The number of Topliss-reactive ketones (excluding diaryl/α,β-unsaturated/α-hetero) is 1. The molecule has 4 rings (SSSR count). The van der Waals surface area contributed by atoms with Crippen molar-refractivity contribution < 1.29 is 14.7 Å². The summed E-state index contributed by atoms with van der Waals surface area (Å²) in [6.07, 6.45) is 3.53. The monoisotopic (exact) mass is 383 g/mol. The van der Waals surface area contributed by atoms with E-state index in [0.717, 1.165) is 5.56 Å². The van der Waals surface area contributed by atoms with Gasteiger partial charge >= 0.3 is 0 Å². The molecule has 0 radical (unpaired) electrons. The third-order valence-electron chi connectivity index (χ3n) is 5.15. The van der Waals surface area contributed by atoms with Crippen molar-refractivity contribution in [1.29, 1.82) is 0 Å². The second-order valence-electron chi connectivity index (χ2n) is 7.07. The first-order valence-electron chi connectivity index (χ1n) is 9.53. The molecule has 0 aliphatic carbocycles. The Morgan fingerprint density at radius 2 is 1.52 bits per heavy atom. The maximum atomic E-state index is 13.2. The first kappa shape index (κ1) is 18.8. The minimum absolute atomic E-state index is 0.266. The van der Waals surface area contributed by atoms with Crippen LogP contribution in [-0.4, -0.2) is 23.3 Å². The lowest BCUT2D eigenvalue weighted by molar-refractivity contribution is -0.135. The number of benzene rings is 3. The van der Waals surface area contributed by atoms with Gasteiger partial charge in [0.2, 0.25) is 0 Å². The molecule has 1 heterocycles. The van der Waals surface area contributed by atoms with Crippen LogP contribution in [0.2, 0.25) is 0 Å². The van der Waals surface area contributed by atoms with Gasteiger partial charge in [0, 0.05) is 17.7 Å². The van der Waals surface area contributed by atoms with E-state index in [2.05, 4.69) is 0 Å². The van der Waals surface area contributed by atoms with E-state index in [1.54, 1.807) is 42.5 Å². The van der Waals surface area contributed by atoms with Gasteiger partial charge in [-0.1, -0.05) is 91.0 Å². The van der Waals surface area contributed by atoms with Gasteiger partial charge < -0.3 is 10.0 Å². The number of nitrogens with zero attached hydrogens (tertiary/aromatic N) is 1. The van der Waals surface area contributed by atoms with E-state index in [4.69, 9.17) is 0 Å². The standard InChI is InChI=1S/C25H21NO3/c27-23(20-13-5-2-6-14-20)18-25(29)21-15-7-8-16-22(21)26(24(25)28)17-9-12-19-10-3-1-4-11-19/h1-16,29H,17-18H2/b12-9+/t25-/m0/s1. The number of para-hydroxylation sites is 1. The van der Waals surface area contributed by atoms with E-state index in [0.29, 0.717) is 23.4 Å². The lowest BCUT2D eigenvalue weighted by atomic mass is 9.88. The largest absolute Gasteiger partial charge is 0.375 e. The Labute approximate surface area is 169 Å². The van der Waals surface area contributed by atoms with Crippen LogP contribution in [0.4, 0.5) is 5.69 Å². The lowest BCUT2D eigenvalue weighted by Crippen LogP contribution is -2.41. The van der Waals surface area contributed by atoms with Crippen LogP contribution in [0, 0.1) is 0 Å². The Morgan fingerprint density at radius 3 is 2.24 bits per heavy atom. The van der Waals surface area contributed by atoms with Gasteiger partial charge in [-0.15, -0.1) is 0 Å². The summed E-state index contributed by atoms with van der Waals surface area (Å²) in [5.41, 5.74) is 0.765. The van der Waals surface area contributed by atoms with Crippen LogP contribution in [-0.2, 0) is 10.4 Å². The van der Waals surface area contributed by atoms with Crippen LogP contribution < -0.4 is 4.90 Å². The van der Waals surface area contributed by atoms with Gasteiger partial charge in [-0.05, 0) is 11.6 Å². The molecule has 4 heteroatoms. The molecule has 1 N–H and O–H groups in total. The summed E-state index contributed by atoms with van der Waals surface area (Å²) in [6.45, 7) is 0.312. The number of hydrogen-bond acceptors (Lipinski definition) is 3. The third-order valence-corrected chi connectivity index (χ3v) is 5.15. The molecule has 29 heavy (non-hydrogen) atoms. The van der Waals surface area contributed by atoms with Crippen molar-refractivity contribution in [3.8, 4) is 0 Å². The van der Waals surface area contributed by atoms with Gasteiger partial charge in [-0.3, -0.25) is 9.59 Å². The summed E-state index contributed by atoms with van der Waals surface area (Å²) in [5, 5.41) is 11.3. The molecule has 1 aliphatic heterocycles. The Hall–Kier alpha value is -3.50. The number of amides is 1. The highest BCUT2D eigenvalue weighted by Gasteiger charge is 2.50. The number of hydrogen-bond donors (Lipinski definition) is 1. The highest BCUT2D eigenvalue weighted by molar-refractivity contribution is 6.10. The average Bonchev–Trinajstić information content (AvgIpc) is 2.97. The van der Waals surface area contributed by atoms with Crippen molar-refractivity contribution >= 4 is 23.5 Å². The molecule has 0 fully saturated rings. The molecule has 3 aromatic carbocycles. The minimum atomic E-state index is -1.86. The van der Waals surface area contributed by atoms with Crippen LogP contribution in [0.15, 0.2) is 91.0 Å². The zero-order valence-electron chi connectivity index (χ0n) is 15.9. The van der Waals surface area contributed by atoms with E-state index >= 15 is 0 Å². The summed E-state index contributed by atoms with van der Waals surface area (Å²) in [7, 11) is 0. The Kier molecular flexibility index (Phi) is 5.10. The third kappa shape index (κ3) is 3.62. The first-order chi connectivity index (χ1) is 14.1. The maximum absolute atomic E-state index is 13.2. The predicted octanol–water partition coefficient (Wildman–Crippen LogP) is 4.21. The fraction of sp³-hybridized carbons (Fsp3) is 0.120. The summed E-state index contributed by atoms with van der Waals surface area (Å²) in [5.74, 6) is -0.737. The second-order valence-corrected chi connectivity index (χ2v) is 7.07. The lowest BCUT2D eigenvalue weighted by Gasteiger charge is -2.22. The zero-order valence-corrected chi connectivity index (χ0v) is 15.9. The normalized spacial score (nSPS) is 18.2. The van der Waals surface area contributed by atoms with Crippen molar-refractivity contribution in [2.45, 2.75) is 12.0 Å². The number of carbonyl (C=O) groups excluding carboxylic acids is 2. The van der Waals surface area contributed by atoms with Crippen LogP contribution in [0.5, 0.6) is 0 Å². The van der Waals surface area contributed by atoms with E-state index < -0.39 is 11.5 Å². The molecule has 0 unspecified atom stereocenters. The van der Waals surface area contributed by atoms with Crippen molar-refractivity contribution in [2.24, 2.45) is 0 Å². The molecular formula is C25H21NO3. The van der Waals surface area contributed by atoms with Gasteiger partial charge in [0.15, 0.2) is 11.4 Å². The first-order valence-corrected chi connectivity index (χ1v) is 9.53. The second kappa shape index (κ2) is 7.86. The number of anilines is 1. The molecule has 0 spiro atoms. The molecule has 0 aromatic heterocycles. The van der Waals surface area contributed by atoms with Gasteiger partial charge in [0.25, 0.3) is 5.91 Å². The Bertz CT molecular complexity index is 1060. The molecule has 144 valence electrons. The number of carbonyl (C=O) groups is 2. The van der Waals surface area contributed by atoms with E-state index in [-0.39, 0.29) is 12.2 Å². The minimum Gasteiger partial charge on any atom is -0.375 e. The van der Waals surface area contributed by atoms with Crippen molar-refractivity contribution in [2.75, 3.05) is 11.4 Å². The number of fused-ring (bicyclic) bond motifs is 1. The number of rotatable bonds is 6. The number of aliphatic hydroxyl groups is 1. The van der Waals surface area contributed by atoms with Gasteiger partial charge in [-0.2, -0.15) is 0 Å². The van der Waals surface area contributed by atoms with Crippen LogP contribution >= 0.6 is 0 Å². The van der Waals surface area contributed by atoms with Crippen LogP contribution in [0.25, 0.3) is 6.08 Å². The smallest absolute Gasteiger partial charge is 0.264 e. The van der Waals surface area contributed by atoms with Crippen molar-refractivity contribution in [1.82, 2.24) is 0 Å².